The van der Waals surface area contributed by atoms with Gasteiger partial charge in [-0.2, -0.15) is 16.7 Å². The predicted octanol–water partition coefficient (Wildman–Crippen LogP) is 2.90. The summed E-state index contributed by atoms with van der Waals surface area (Å²) in [4.78, 5) is 14.3. The Morgan fingerprint density at radius 1 is 1.56 bits per heavy atom. The van der Waals surface area contributed by atoms with Crippen molar-refractivity contribution in [2.45, 2.75) is 6.42 Å². The highest BCUT2D eigenvalue weighted by atomic mass is 32.2. The summed E-state index contributed by atoms with van der Waals surface area (Å²) in [6.45, 7) is 0.774. The van der Waals surface area contributed by atoms with Gasteiger partial charge in [0.2, 0.25) is 0 Å². The van der Waals surface area contributed by atoms with E-state index in [4.69, 9.17) is 4.42 Å². The molecule has 0 atom stereocenters. The van der Waals surface area contributed by atoms with Crippen molar-refractivity contribution in [3.63, 3.8) is 0 Å². The van der Waals surface area contributed by atoms with Crippen molar-refractivity contribution < 1.29 is 9.34 Å². The zero-order valence-corrected chi connectivity index (χ0v) is 10.7. The van der Waals surface area contributed by atoms with Crippen LogP contribution in [0.4, 0.5) is 11.7 Å². The van der Waals surface area contributed by atoms with Crippen LogP contribution in [0, 0.1) is 10.1 Å². The molecule has 0 saturated heterocycles. The van der Waals surface area contributed by atoms with Crippen molar-refractivity contribution in [2.24, 2.45) is 0 Å². The number of nitro groups is 1. The third-order valence-corrected chi connectivity index (χ3v) is 3.08. The van der Waals surface area contributed by atoms with Gasteiger partial charge in [0.25, 0.3) is 11.7 Å². The maximum Gasteiger partial charge on any atom is 0.295 e. The summed E-state index contributed by atoms with van der Waals surface area (Å²) >= 11 is 1.78. The second-order valence-corrected chi connectivity index (χ2v) is 4.69. The minimum absolute atomic E-state index is 0.0183. The highest BCUT2D eigenvalue weighted by Gasteiger charge is 2.11. The first-order chi connectivity index (χ1) is 8.70. The minimum Gasteiger partial charge on any atom is -0.424 e. The molecule has 1 N–H and O–H groups in total. The number of non-ortho nitro benzene ring substituents is 1. The molecule has 0 fully saturated rings. The van der Waals surface area contributed by atoms with Gasteiger partial charge in [0.05, 0.1) is 4.92 Å². The Bertz CT molecular complexity index is 555. The lowest BCUT2D eigenvalue weighted by Gasteiger charge is -1.98. The molecule has 0 aliphatic carbocycles. The number of aromatic nitrogens is 1. The molecule has 2 aromatic rings. The molecule has 18 heavy (non-hydrogen) atoms. The number of nitrogens with one attached hydrogen (secondary N) is 1. The van der Waals surface area contributed by atoms with Gasteiger partial charge in [-0.15, -0.1) is 0 Å². The van der Waals surface area contributed by atoms with E-state index in [1.54, 1.807) is 17.8 Å². The van der Waals surface area contributed by atoms with E-state index >= 15 is 0 Å². The first-order valence-electron chi connectivity index (χ1n) is 5.48. The van der Waals surface area contributed by atoms with Gasteiger partial charge in [-0.05, 0) is 24.5 Å². The van der Waals surface area contributed by atoms with E-state index in [1.165, 1.54) is 12.1 Å². The number of nitrogens with zero attached hydrogens (tertiary/aromatic N) is 2. The SMILES string of the molecule is CSCCCNc1nc2cc([N+](=O)[O-])ccc2o1. The van der Waals surface area contributed by atoms with Crippen molar-refractivity contribution in [2.75, 3.05) is 23.9 Å². The summed E-state index contributed by atoms with van der Waals surface area (Å²) < 4.78 is 5.43. The first kappa shape index (κ1) is 12.7. The summed E-state index contributed by atoms with van der Waals surface area (Å²) in [5.41, 5.74) is 1.06. The number of anilines is 1. The second-order valence-electron chi connectivity index (χ2n) is 3.70. The van der Waals surface area contributed by atoms with Crippen LogP contribution in [-0.2, 0) is 0 Å². The molecule has 0 aliphatic rings. The van der Waals surface area contributed by atoms with Crippen LogP contribution < -0.4 is 5.32 Å². The van der Waals surface area contributed by atoms with Crippen LogP contribution in [0.1, 0.15) is 6.42 Å². The molecule has 0 radical (unpaired) electrons. The molecule has 0 amide bonds. The highest BCUT2D eigenvalue weighted by Crippen LogP contribution is 2.23. The quantitative estimate of drug-likeness (QED) is 0.492. The normalized spacial score (nSPS) is 10.7. The van der Waals surface area contributed by atoms with Crippen LogP contribution in [0.3, 0.4) is 0 Å². The Morgan fingerprint density at radius 2 is 2.39 bits per heavy atom. The summed E-state index contributed by atoms with van der Waals surface area (Å²) in [6.07, 6.45) is 3.07. The predicted molar refractivity (Wildman–Crippen MR) is 72.2 cm³/mol. The van der Waals surface area contributed by atoms with E-state index in [9.17, 15) is 10.1 Å². The van der Waals surface area contributed by atoms with Gasteiger partial charge in [-0.25, -0.2) is 0 Å². The standard InChI is InChI=1S/C11H13N3O3S/c1-18-6-2-5-12-11-13-9-7-8(14(15)16)3-4-10(9)17-11/h3-4,7H,2,5-6H2,1H3,(H,12,13). The number of benzene rings is 1. The average Bonchev–Trinajstić information content (AvgIpc) is 2.76. The van der Waals surface area contributed by atoms with Gasteiger partial charge in [0.15, 0.2) is 5.58 Å². The molecule has 0 aliphatic heterocycles. The van der Waals surface area contributed by atoms with E-state index in [1.807, 2.05) is 0 Å². The summed E-state index contributed by atoms with van der Waals surface area (Å²) in [7, 11) is 0. The molecule has 0 unspecified atom stereocenters. The van der Waals surface area contributed by atoms with Crippen molar-refractivity contribution >= 4 is 34.6 Å². The largest absolute Gasteiger partial charge is 0.424 e. The molecule has 2 rings (SSSR count). The molecule has 1 heterocycles. The van der Waals surface area contributed by atoms with Crippen LogP contribution >= 0.6 is 11.8 Å². The number of hydrogen-bond acceptors (Lipinski definition) is 6. The molecule has 6 nitrogen and oxygen atoms in total. The number of oxazole rings is 1. The second kappa shape index (κ2) is 5.72. The lowest BCUT2D eigenvalue weighted by Crippen LogP contribution is -2.02. The van der Waals surface area contributed by atoms with Crippen LogP contribution in [0.15, 0.2) is 22.6 Å². The van der Waals surface area contributed by atoms with E-state index < -0.39 is 4.92 Å². The number of rotatable bonds is 6. The first-order valence-corrected chi connectivity index (χ1v) is 6.88. The van der Waals surface area contributed by atoms with E-state index in [0.29, 0.717) is 17.1 Å². The minimum atomic E-state index is -0.445. The molecular weight excluding hydrogens is 254 g/mol. The molecule has 0 bridgehead atoms. The van der Waals surface area contributed by atoms with Crippen LogP contribution in [0.2, 0.25) is 0 Å². The van der Waals surface area contributed by atoms with E-state index in [0.717, 1.165) is 18.7 Å². The van der Waals surface area contributed by atoms with Gasteiger partial charge in [0, 0.05) is 18.7 Å². The zero-order chi connectivity index (χ0) is 13.0. The number of nitro benzene ring substituents is 1. The van der Waals surface area contributed by atoms with Crippen molar-refractivity contribution in [1.29, 1.82) is 0 Å². The molecule has 7 heteroatoms. The van der Waals surface area contributed by atoms with Crippen molar-refractivity contribution in [3.8, 4) is 0 Å². The zero-order valence-electron chi connectivity index (χ0n) is 9.88. The Morgan fingerprint density at radius 3 is 3.11 bits per heavy atom. The van der Waals surface area contributed by atoms with Crippen LogP contribution in [-0.4, -0.2) is 28.5 Å². The number of hydrogen-bond donors (Lipinski definition) is 1. The monoisotopic (exact) mass is 267 g/mol. The van der Waals surface area contributed by atoms with Crippen LogP contribution in [0.25, 0.3) is 11.1 Å². The van der Waals surface area contributed by atoms with Crippen LogP contribution in [0.5, 0.6) is 0 Å². The summed E-state index contributed by atoms with van der Waals surface area (Å²) in [5, 5.41) is 13.7. The van der Waals surface area contributed by atoms with Gasteiger partial charge >= 0.3 is 0 Å². The topological polar surface area (TPSA) is 81.2 Å². The number of thioether (sulfide) groups is 1. The van der Waals surface area contributed by atoms with Gasteiger partial charge in [0.1, 0.15) is 5.52 Å². The fourth-order valence-electron chi connectivity index (χ4n) is 1.52. The molecule has 96 valence electrons. The molecule has 0 saturated carbocycles. The number of fused-ring (bicyclic) bond motifs is 1. The molecule has 0 spiro atoms. The van der Waals surface area contributed by atoms with Crippen molar-refractivity contribution in [1.82, 2.24) is 4.98 Å². The highest BCUT2D eigenvalue weighted by molar-refractivity contribution is 7.98. The van der Waals surface area contributed by atoms with E-state index in [2.05, 4.69) is 16.6 Å². The third kappa shape index (κ3) is 2.92. The lowest BCUT2D eigenvalue weighted by molar-refractivity contribution is -0.384. The van der Waals surface area contributed by atoms with E-state index in [-0.39, 0.29) is 5.69 Å². The lowest BCUT2D eigenvalue weighted by atomic mass is 10.3. The van der Waals surface area contributed by atoms with Gasteiger partial charge in [-0.1, -0.05) is 0 Å². The fourth-order valence-corrected chi connectivity index (χ4v) is 1.95. The molecule has 1 aromatic carbocycles. The molecule has 1 aromatic heterocycles. The van der Waals surface area contributed by atoms with Crippen molar-refractivity contribution in [3.05, 3.63) is 28.3 Å². The average molecular weight is 267 g/mol. The maximum atomic E-state index is 10.6. The van der Waals surface area contributed by atoms with Gasteiger partial charge < -0.3 is 9.73 Å². The summed E-state index contributed by atoms with van der Waals surface area (Å²) in [6, 6.07) is 4.79. The Kier molecular flexibility index (Phi) is 4.03. The summed E-state index contributed by atoms with van der Waals surface area (Å²) in [5.74, 6) is 1.07. The smallest absolute Gasteiger partial charge is 0.295 e. The van der Waals surface area contributed by atoms with Gasteiger partial charge in [-0.3, -0.25) is 10.1 Å². The Balaban J connectivity index is 2.09. The Hall–Kier alpha value is -1.76. The Labute approximate surface area is 108 Å². The maximum absolute atomic E-state index is 10.6. The molecular formula is C11H13N3O3S. The fraction of sp³-hybridized carbons (Fsp3) is 0.364. The third-order valence-electron chi connectivity index (χ3n) is 2.38.